The van der Waals surface area contributed by atoms with E-state index in [-0.39, 0.29) is 17.6 Å². The summed E-state index contributed by atoms with van der Waals surface area (Å²) in [6.45, 7) is 6.55. The summed E-state index contributed by atoms with van der Waals surface area (Å²) in [7, 11) is 1.60. The van der Waals surface area contributed by atoms with Gasteiger partial charge in [-0.1, -0.05) is 12.1 Å². The molecule has 1 saturated heterocycles. The van der Waals surface area contributed by atoms with E-state index < -0.39 is 17.5 Å². The molecule has 1 aliphatic rings. The molecule has 158 valence electrons. The second-order valence-corrected chi connectivity index (χ2v) is 8.67. The van der Waals surface area contributed by atoms with E-state index in [1.807, 2.05) is 38.1 Å². The zero-order valence-corrected chi connectivity index (χ0v) is 17.2. The van der Waals surface area contributed by atoms with E-state index in [2.05, 4.69) is 5.32 Å². The molecule has 0 aliphatic carbocycles. The van der Waals surface area contributed by atoms with Crippen LogP contribution in [0.25, 0.3) is 0 Å². The third-order valence-corrected chi connectivity index (χ3v) is 5.71. The normalized spacial score (nSPS) is 22.6. The summed E-state index contributed by atoms with van der Waals surface area (Å²) in [6.07, 6.45) is -2.61. The molecule has 0 bridgehead atoms. The lowest BCUT2D eigenvalue weighted by Crippen LogP contribution is -2.49. The molecule has 2 rings (SSSR count). The van der Waals surface area contributed by atoms with Gasteiger partial charge in [0.2, 0.25) is 5.91 Å². The van der Waals surface area contributed by atoms with Gasteiger partial charge in [0.15, 0.2) is 0 Å². The fourth-order valence-electron chi connectivity index (χ4n) is 3.79. The first-order valence-electron chi connectivity index (χ1n) is 9.47. The quantitative estimate of drug-likeness (QED) is 0.757. The van der Waals surface area contributed by atoms with Crippen molar-refractivity contribution < 1.29 is 27.4 Å². The van der Waals surface area contributed by atoms with Crippen LogP contribution in [0.5, 0.6) is 5.75 Å². The summed E-state index contributed by atoms with van der Waals surface area (Å²) in [5.74, 6) is -0.262. The lowest BCUT2D eigenvalue weighted by molar-refractivity contribution is -0.211. The smallest absolute Gasteiger partial charge is 0.402 e. The van der Waals surface area contributed by atoms with Gasteiger partial charge in [-0.05, 0) is 64.7 Å². The number of nitrogens with one attached hydrogen (secondary N) is 1. The Kier molecular flexibility index (Phi) is 6.38. The van der Waals surface area contributed by atoms with Crippen LogP contribution >= 0.6 is 0 Å². The maximum Gasteiger partial charge on any atom is 0.402 e. The van der Waals surface area contributed by atoms with Crippen LogP contribution in [0.4, 0.5) is 13.2 Å². The standard InChI is InChI=1S/C21H30F3NO3/c1-18(2)14-20(11-13-28-18,15-6-8-16(27-5)9-7-15)10-12-25-17(26)19(3,4)21(22,23)24/h6-9H,10-14H2,1-5H3,(H,25,26)/t20-/m1/s1. The molecule has 1 heterocycles. The summed E-state index contributed by atoms with van der Waals surface area (Å²) in [5.41, 5.74) is -1.99. The van der Waals surface area contributed by atoms with Crippen molar-refractivity contribution in [3.05, 3.63) is 29.8 Å². The molecular weight excluding hydrogens is 371 g/mol. The predicted octanol–water partition coefficient (Wildman–Crippen LogP) is 4.62. The number of carbonyl (C=O) groups excluding carboxylic acids is 1. The maximum absolute atomic E-state index is 13.1. The van der Waals surface area contributed by atoms with E-state index in [0.29, 0.717) is 19.4 Å². The van der Waals surface area contributed by atoms with E-state index in [1.54, 1.807) is 7.11 Å². The van der Waals surface area contributed by atoms with Crippen molar-refractivity contribution in [1.82, 2.24) is 5.32 Å². The van der Waals surface area contributed by atoms with Gasteiger partial charge >= 0.3 is 6.18 Å². The van der Waals surface area contributed by atoms with Crippen molar-refractivity contribution in [1.29, 1.82) is 0 Å². The van der Waals surface area contributed by atoms with Gasteiger partial charge in [0.1, 0.15) is 11.2 Å². The van der Waals surface area contributed by atoms with Crippen LogP contribution in [-0.2, 0) is 14.9 Å². The van der Waals surface area contributed by atoms with E-state index in [1.165, 1.54) is 0 Å². The minimum atomic E-state index is -4.59. The Balaban J connectivity index is 2.18. The number of alkyl halides is 3. The largest absolute Gasteiger partial charge is 0.497 e. The van der Waals surface area contributed by atoms with E-state index >= 15 is 0 Å². The molecule has 1 atom stereocenters. The van der Waals surface area contributed by atoms with Gasteiger partial charge in [0.05, 0.1) is 12.7 Å². The third-order valence-electron chi connectivity index (χ3n) is 5.71. The van der Waals surface area contributed by atoms with Gasteiger partial charge in [-0.15, -0.1) is 0 Å². The molecule has 1 aromatic rings. The Morgan fingerprint density at radius 3 is 2.32 bits per heavy atom. The highest BCUT2D eigenvalue weighted by Gasteiger charge is 2.53. The van der Waals surface area contributed by atoms with Gasteiger partial charge in [-0.3, -0.25) is 4.79 Å². The molecule has 1 amide bonds. The molecule has 4 nitrogen and oxygen atoms in total. The van der Waals surface area contributed by atoms with Crippen molar-refractivity contribution >= 4 is 5.91 Å². The van der Waals surface area contributed by atoms with Gasteiger partial charge in [-0.25, -0.2) is 0 Å². The van der Waals surface area contributed by atoms with Crippen LogP contribution in [0.1, 0.15) is 52.5 Å². The van der Waals surface area contributed by atoms with Crippen LogP contribution in [-0.4, -0.2) is 37.9 Å². The molecule has 1 fully saturated rings. The van der Waals surface area contributed by atoms with Gasteiger partial charge in [0, 0.05) is 18.6 Å². The highest BCUT2D eigenvalue weighted by Crippen LogP contribution is 2.44. The number of amides is 1. The number of carbonyl (C=O) groups is 1. The average Bonchev–Trinajstić information content (AvgIpc) is 2.59. The molecule has 1 N–H and O–H groups in total. The Morgan fingerprint density at radius 1 is 1.21 bits per heavy atom. The molecule has 7 heteroatoms. The number of hydrogen-bond donors (Lipinski definition) is 1. The summed E-state index contributed by atoms with van der Waals surface area (Å²) in [4.78, 5) is 12.1. The molecule has 1 aromatic carbocycles. The molecule has 0 saturated carbocycles. The van der Waals surface area contributed by atoms with Gasteiger partial charge < -0.3 is 14.8 Å². The second-order valence-electron chi connectivity index (χ2n) is 8.67. The van der Waals surface area contributed by atoms with E-state index in [4.69, 9.17) is 9.47 Å². The number of rotatable bonds is 6. The van der Waals surface area contributed by atoms with Crippen molar-refractivity contribution in [2.75, 3.05) is 20.3 Å². The molecule has 1 aliphatic heterocycles. The summed E-state index contributed by atoms with van der Waals surface area (Å²) < 4.78 is 50.3. The van der Waals surface area contributed by atoms with E-state index in [9.17, 15) is 18.0 Å². The first-order valence-corrected chi connectivity index (χ1v) is 9.47. The van der Waals surface area contributed by atoms with Crippen molar-refractivity contribution in [2.24, 2.45) is 5.41 Å². The fourth-order valence-corrected chi connectivity index (χ4v) is 3.79. The Labute approximate surface area is 164 Å². The Bertz CT molecular complexity index is 683. The van der Waals surface area contributed by atoms with Crippen molar-refractivity contribution in [2.45, 2.75) is 64.1 Å². The number of hydrogen-bond acceptors (Lipinski definition) is 3. The molecular formula is C21H30F3NO3. The predicted molar refractivity (Wildman–Crippen MR) is 101 cm³/mol. The molecule has 0 aromatic heterocycles. The summed E-state index contributed by atoms with van der Waals surface area (Å²) in [6, 6.07) is 7.74. The topological polar surface area (TPSA) is 47.6 Å². The van der Waals surface area contributed by atoms with Gasteiger partial charge in [0.25, 0.3) is 0 Å². The van der Waals surface area contributed by atoms with Crippen molar-refractivity contribution in [3.8, 4) is 5.75 Å². The fraction of sp³-hybridized carbons (Fsp3) is 0.667. The summed E-state index contributed by atoms with van der Waals surface area (Å²) in [5, 5.41) is 2.50. The van der Waals surface area contributed by atoms with Crippen LogP contribution in [0.3, 0.4) is 0 Å². The average molecular weight is 401 g/mol. The highest BCUT2D eigenvalue weighted by molar-refractivity contribution is 5.82. The first kappa shape index (κ1) is 22.5. The minimum Gasteiger partial charge on any atom is -0.497 e. The minimum absolute atomic E-state index is 0.167. The van der Waals surface area contributed by atoms with Crippen molar-refractivity contribution in [3.63, 3.8) is 0 Å². The highest BCUT2D eigenvalue weighted by atomic mass is 19.4. The van der Waals surface area contributed by atoms with Crippen LogP contribution in [0.2, 0.25) is 0 Å². The Hall–Kier alpha value is -1.76. The SMILES string of the molecule is COc1ccc([C@]2(CCNC(=O)C(C)(C)C(F)(F)F)CCOC(C)(C)C2)cc1. The van der Waals surface area contributed by atoms with Gasteiger partial charge in [-0.2, -0.15) is 13.2 Å². The maximum atomic E-state index is 13.1. The second kappa shape index (κ2) is 7.93. The van der Waals surface area contributed by atoms with E-state index in [0.717, 1.165) is 31.6 Å². The Morgan fingerprint density at radius 2 is 1.82 bits per heavy atom. The zero-order chi connectivity index (χ0) is 21.2. The monoisotopic (exact) mass is 401 g/mol. The number of ether oxygens (including phenoxy) is 2. The van der Waals surface area contributed by atoms with Crippen LogP contribution in [0, 0.1) is 5.41 Å². The number of benzene rings is 1. The molecule has 0 spiro atoms. The molecule has 0 unspecified atom stereocenters. The first-order chi connectivity index (χ1) is 12.8. The number of halogens is 3. The third kappa shape index (κ3) is 4.80. The van der Waals surface area contributed by atoms with Crippen LogP contribution in [0.15, 0.2) is 24.3 Å². The van der Waals surface area contributed by atoms with Crippen LogP contribution < -0.4 is 10.1 Å². The molecule has 28 heavy (non-hydrogen) atoms. The summed E-state index contributed by atoms with van der Waals surface area (Å²) >= 11 is 0. The lowest BCUT2D eigenvalue weighted by atomic mass is 9.67. The lowest BCUT2D eigenvalue weighted by Gasteiger charge is -2.45. The number of methoxy groups -OCH3 is 1. The zero-order valence-electron chi connectivity index (χ0n) is 17.2. The molecule has 0 radical (unpaired) electrons.